The first-order valence-electron chi connectivity index (χ1n) is 10.0. The van der Waals surface area contributed by atoms with E-state index in [0.29, 0.717) is 30.6 Å². The minimum Gasteiger partial charge on any atom is -0.497 e. The molecule has 0 saturated carbocycles. The van der Waals surface area contributed by atoms with Crippen molar-refractivity contribution < 1.29 is 19.0 Å². The van der Waals surface area contributed by atoms with E-state index in [2.05, 4.69) is 36.2 Å². The fourth-order valence-electron chi connectivity index (χ4n) is 3.40. The van der Waals surface area contributed by atoms with E-state index >= 15 is 0 Å². The van der Waals surface area contributed by atoms with Crippen molar-refractivity contribution in [1.82, 2.24) is 0 Å². The van der Waals surface area contributed by atoms with Gasteiger partial charge in [0.15, 0.2) is 6.61 Å². The molecular formula is C23H30N2O4. The average Bonchev–Trinajstić information content (AvgIpc) is 2.72. The van der Waals surface area contributed by atoms with E-state index in [1.807, 2.05) is 31.2 Å². The van der Waals surface area contributed by atoms with Gasteiger partial charge in [-0.25, -0.2) is 0 Å². The van der Waals surface area contributed by atoms with Crippen molar-refractivity contribution in [2.45, 2.75) is 26.7 Å². The molecule has 0 aliphatic carbocycles. The van der Waals surface area contributed by atoms with E-state index < -0.39 is 0 Å². The lowest BCUT2D eigenvalue weighted by molar-refractivity contribution is -0.118. The molecule has 1 N–H and O–H groups in total. The number of morpholine rings is 1. The summed E-state index contributed by atoms with van der Waals surface area (Å²) in [5, 5.41) is 2.99. The molecule has 1 aliphatic rings. The van der Waals surface area contributed by atoms with E-state index in [9.17, 15) is 4.79 Å². The first-order chi connectivity index (χ1) is 14.0. The first kappa shape index (κ1) is 21.0. The maximum atomic E-state index is 12.7. The van der Waals surface area contributed by atoms with Gasteiger partial charge in [0.05, 0.1) is 31.7 Å². The molecule has 0 radical (unpaired) electrons. The second kappa shape index (κ2) is 9.65. The van der Waals surface area contributed by atoms with Crippen LogP contribution in [0.1, 0.15) is 30.9 Å². The molecular weight excluding hydrogens is 368 g/mol. The zero-order valence-electron chi connectivity index (χ0n) is 17.7. The number of amides is 1. The van der Waals surface area contributed by atoms with Gasteiger partial charge in [-0.15, -0.1) is 0 Å². The molecule has 0 bridgehead atoms. The summed E-state index contributed by atoms with van der Waals surface area (Å²) in [6.07, 6.45) is 0. The standard InChI is InChI=1S/C23H30N2O4/c1-16(2)19-7-5-17(3)13-22(19)29-15-23(26)24-20-14-18(27-4)6-8-21(20)25-9-11-28-12-10-25/h5-8,13-14,16H,9-12,15H2,1-4H3,(H,24,26). The van der Waals surface area contributed by atoms with Crippen molar-refractivity contribution >= 4 is 17.3 Å². The van der Waals surface area contributed by atoms with Gasteiger partial charge in [0.2, 0.25) is 0 Å². The number of carbonyl (C=O) groups excluding carboxylic acids is 1. The molecule has 1 saturated heterocycles. The molecule has 1 aliphatic heterocycles. The number of methoxy groups -OCH3 is 1. The van der Waals surface area contributed by atoms with Crippen LogP contribution in [0.3, 0.4) is 0 Å². The normalized spacial score (nSPS) is 14.0. The van der Waals surface area contributed by atoms with Crippen LogP contribution in [0, 0.1) is 6.92 Å². The fourth-order valence-corrected chi connectivity index (χ4v) is 3.40. The Bertz CT molecular complexity index is 845. The molecule has 2 aromatic rings. The van der Waals surface area contributed by atoms with Gasteiger partial charge in [0, 0.05) is 19.2 Å². The van der Waals surface area contributed by atoms with Crippen LogP contribution in [0.4, 0.5) is 11.4 Å². The van der Waals surface area contributed by atoms with Crippen molar-refractivity contribution in [2.24, 2.45) is 0 Å². The Kier molecular flexibility index (Phi) is 6.99. The molecule has 0 aromatic heterocycles. The number of hydrogen-bond donors (Lipinski definition) is 1. The molecule has 0 spiro atoms. The monoisotopic (exact) mass is 398 g/mol. The van der Waals surface area contributed by atoms with Gasteiger partial charge in [0.1, 0.15) is 11.5 Å². The number of nitrogens with zero attached hydrogens (tertiary/aromatic N) is 1. The van der Waals surface area contributed by atoms with E-state index in [0.717, 1.165) is 35.7 Å². The summed E-state index contributed by atoms with van der Waals surface area (Å²) in [5.41, 5.74) is 3.88. The molecule has 2 aromatic carbocycles. The summed E-state index contributed by atoms with van der Waals surface area (Å²) in [5.74, 6) is 1.57. The van der Waals surface area contributed by atoms with Crippen LogP contribution < -0.4 is 19.7 Å². The van der Waals surface area contributed by atoms with Crippen LogP contribution >= 0.6 is 0 Å². The molecule has 6 nitrogen and oxygen atoms in total. The Morgan fingerprint density at radius 1 is 1.17 bits per heavy atom. The van der Waals surface area contributed by atoms with E-state index in [1.165, 1.54) is 0 Å². The molecule has 0 atom stereocenters. The number of anilines is 2. The lowest BCUT2D eigenvalue weighted by Gasteiger charge is -2.30. The number of aryl methyl sites for hydroxylation is 1. The predicted molar refractivity (Wildman–Crippen MR) is 115 cm³/mol. The molecule has 1 fully saturated rings. The molecule has 1 amide bonds. The minimum absolute atomic E-state index is 0.0526. The summed E-state index contributed by atoms with van der Waals surface area (Å²) in [7, 11) is 1.61. The second-order valence-electron chi connectivity index (χ2n) is 7.52. The van der Waals surface area contributed by atoms with Gasteiger partial charge >= 0.3 is 0 Å². The molecule has 29 heavy (non-hydrogen) atoms. The van der Waals surface area contributed by atoms with Crippen molar-refractivity contribution in [3.63, 3.8) is 0 Å². The smallest absolute Gasteiger partial charge is 0.262 e. The van der Waals surface area contributed by atoms with Crippen molar-refractivity contribution in [3.8, 4) is 11.5 Å². The third kappa shape index (κ3) is 5.41. The lowest BCUT2D eigenvalue weighted by Crippen LogP contribution is -2.37. The number of carbonyl (C=O) groups is 1. The highest BCUT2D eigenvalue weighted by Crippen LogP contribution is 2.31. The highest BCUT2D eigenvalue weighted by Gasteiger charge is 2.18. The quantitative estimate of drug-likeness (QED) is 0.764. The fraction of sp³-hybridized carbons (Fsp3) is 0.435. The van der Waals surface area contributed by atoms with Crippen molar-refractivity contribution in [1.29, 1.82) is 0 Å². The molecule has 3 rings (SSSR count). The van der Waals surface area contributed by atoms with Gasteiger partial charge < -0.3 is 24.4 Å². The Hall–Kier alpha value is -2.73. The van der Waals surface area contributed by atoms with Crippen LogP contribution in [0.5, 0.6) is 11.5 Å². The summed E-state index contributed by atoms with van der Waals surface area (Å²) in [6.45, 7) is 9.11. The maximum Gasteiger partial charge on any atom is 0.262 e. The predicted octanol–water partition coefficient (Wildman–Crippen LogP) is 3.98. The van der Waals surface area contributed by atoms with Crippen LogP contribution in [-0.2, 0) is 9.53 Å². The second-order valence-corrected chi connectivity index (χ2v) is 7.52. The van der Waals surface area contributed by atoms with E-state index in [1.54, 1.807) is 7.11 Å². The highest BCUT2D eigenvalue weighted by molar-refractivity contribution is 5.95. The van der Waals surface area contributed by atoms with Crippen LogP contribution in [0.25, 0.3) is 0 Å². The molecule has 0 unspecified atom stereocenters. The highest BCUT2D eigenvalue weighted by atomic mass is 16.5. The zero-order valence-corrected chi connectivity index (χ0v) is 17.7. The largest absolute Gasteiger partial charge is 0.497 e. The van der Waals surface area contributed by atoms with Gasteiger partial charge in [-0.1, -0.05) is 26.0 Å². The van der Waals surface area contributed by atoms with Gasteiger partial charge in [-0.2, -0.15) is 0 Å². The summed E-state index contributed by atoms with van der Waals surface area (Å²) in [4.78, 5) is 14.9. The number of benzene rings is 2. The van der Waals surface area contributed by atoms with E-state index in [4.69, 9.17) is 14.2 Å². The summed E-state index contributed by atoms with van der Waals surface area (Å²) >= 11 is 0. The first-order valence-corrected chi connectivity index (χ1v) is 10.0. The summed E-state index contributed by atoms with van der Waals surface area (Å²) < 4.78 is 16.7. The number of hydrogen-bond acceptors (Lipinski definition) is 5. The SMILES string of the molecule is COc1ccc(N2CCOCC2)c(NC(=O)COc2cc(C)ccc2C(C)C)c1. The topological polar surface area (TPSA) is 60.0 Å². The number of nitrogens with one attached hydrogen (secondary N) is 1. The molecule has 156 valence electrons. The molecule has 1 heterocycles. The third-order valence-electron chi connectivity index (χ3n) is 4.98. The van der Waals surface area contributed by atoms with Crippen LogP contribution in [-0.4, -0.2) is 45.9 Å². The Balaban J connectivity index is 1.72. The lowest BCUT2D eigenvalue weighted by atomic mass is 10.0. The van der Waals surface area contributed by atoms with E-state index in [-0.39, 0.29) is 12.5 Å². The van der Waals surface area contributed by atoms with Gasteiger partial charge in [-0.3, -0.25) is 4.79 Å². The number of rotatable bonds is 7. The Morgan fingerprint density at radius 3 is 2.62 bits per heavy atom. The number of ether oxygens (including phenoxy) is 3. The van der Waals surface area contributed by atoms with Crippen molar-refractivity contribution in [2.75, 3.05) is 50.2 Å². The minimum atomic E-state index is -0.205. The maximum absolute atomic E-state index is 12.7. The van der Waals surface area contributed by atoms with Crippen LogP contribution in [0.15, 0.2) is 36.4 Å². The van der Waals surface area contributed by atoms with Gasteiger partial charge in [-0.05, 0) is 42.2 Å². The van der Waals surface area contributed by atoms with Gasteiger partial charge in [0.25, 0.3) is 5.91 Å². The average molecular weight is 399 g/mol. The van der Waals surface area contributed by atoms with Crippen LogP contribution in [0.2, 0.25) is 0 Å². The Morgan fingerprint density at radius 2 is 1.93 bits per heavy atom. The van der Waals surface area contributed by atoms with Crippen molar-refractivity contribution in [3.05, 3.63) is 47.5 Å². The summed E-state index contributed by atoms with van der Waals surface area (Å²) in [6, 6.07) is 11.8. The zero-order chi connectivity index (χ0) is 20.8. The third-order valence-corrected chi connectivity index (χ3v) is 4.98. The Labute approximate surface area is 172 Å². The molecule has 6 heteroatoms.